The van der Waals surface area contributed by atoms with E-state index in [1.54, 1.807) is 0 Å². The SMILES string of the molecule is CC1(C)CN(C2CCCCC2)CCN1. The Morgan fingerprint density at radius 1 is 1.14 bits per heavy atom. The molecule has 2 heteroatoms. The van der Waals surface area contributed by atoms with Crippen molar-refractivity contribution in [2.24, 2.45) is 0 Å². The number of rotatable bonds is 1. The number of nitrogens with zero attached hydrogens (tertiary/aromatic N) is 1. The lowest BCUT2D eigenvalue weighted by Crippen LogP contribution is -2.59. The summed E-state index contributed by atoms with van der Waals surface area (Å²) in [6.07, 6.45) is 7.25. The lowest BCUT2D eigenvalue weighted by atomic mass is 9.91. The van der Waals surface area contributed by atoms with E-state index in [2.05, 4.69) is 24.1 Å². The van der Waals surface area contributed by atoms with Gasteiger partial charge in [-0.05, 0) is 26.7 Å². The summed E-state index contributed by atoms with van der Waals surface area (Å²) in [6.45, 7) is 8.30. The number of piperazine rings is 1. The van der Waals surface area contributed by atoms with Crippen LogP contribution in [-0.4, -0.2) is 36.1 Å². The van der Waals surface area contributed by atoms with Crippen LogP contribution in [-0.2, 0) is 0 Å². The Labute approximate surface area is 88.1 Å². The summed E-state index contributed by atoms with van der Waals surface area (Å²) in [4.78, 5) is 2.72. The Hall–Kier alpha value is -0.0800. The number of nitrogens with one attached hydrogen (secondary N) is 1. The maximum Gasteiger partial charge on any atom is 0.0252 e. The van der Waals surface area contributed by atoms with E-state index < -0.39 is 0 Å². The first kappa shape index (κ1) is 10.4. The molecule has 14 heavy (non-hydrogen) atoms. The van der Waals surface area contributed by atoms with Crippen molar-refractivity contribution in [2.75, 3.05) is 19.6 Å². The Bertz CT molecular complexity index is 183. The fraction of sp³-hybridized carbons (Fsp3) is 1.00. The van der Waals surface area contributed by atoms with Gasteiger partial charge in [0.05, 0.1) is 0 Å². The summed E-state index contributed by atoms with van der Waals surface area (Å²) >= 11 is 0. The van der Waals surface area contributed by atoms with Gasteiger partial charge in [0.25, 0.3) is 0 Å². The third-order valence-electron chi connectivity index (χ3n) is 3.69. The first-order chi connectivity index (χ1) is 6.67. The first-order valence-electron chi connectivity index (χ1n) is 6.16. The molecule has 0 radical (unpaired) electrons. The second-order valence-corrected chi connectivity index (χ2v) is 5.57. The van der Waals surface area contributed by atoms with Crippen LogP contribution in [0.3, 0.4) is 0 Å². The second-order valence-electron chi connectivity index (χ2n) is 5.57. The van der Waals surface area contributed by atoms with Crippen molar-refractivity contribution in [3.63, 3.8) is 0 Å². The summed E-state index contributed by atoms with van der Waals surface area (Å²) in [5.74, 6) is 0. The number of hydrogen-bond acceptors (Lipinski definition) is 2. The van der Waals surface area contributed by atoms with Crippen molar-refractivity contribution in [2.45, 2.75) is 57.5 Å². The molecule has 2 fully saturated rings. The molecule has 1 aliphatic heterocycles. The van der Waals surface area contributed by atoms with Gasteiger partial charge in [-0.2, -0.15) is 0 Å². The minimum Gasteiger partial charge on any atom is -0.309 e. The van der Waals surface area contributed by atoms with Gasteiger partial charge in [0.2, 0.25) is 0 Å². The molecule has 2 aliphatic rings. The summed E-state index contributed by atoms with van der Waals surface area (Å²) in [6, 6.07) is 0.894. The molecule has 1 heterocycles. The Kier molecular flexibility index (Phi) is 3.13. The van der Waals surface area contributed by atoms with E-state index in [0.29, 0.717) is 5.54 Å². The zero-order valence-corrected chi connectivity index (χ0v) is 9.68. The van der Waals surface area contributed by atoms with E-state index in [1.165, 1.54) is 51.7 Å². The van der Waals surface area contributed by atoms with Crippen molar-refractivity contribution < 1.29 is 0 Å². The molecule has 1 aliphatic carbocycles. The van der Waals surface area contributed by atoms with E-state index in [0.717, 1.165) is 6.04 Å². The van der Waals surface area contributed by atoms with Crippen molar-refractivity contribution in [1.29, 1.82) is 0 Å². The topological polar surface area (TPSA) is 15.3 Å². The highest BCUT2D eigenvalue weighted by atomic mass is 15.2. The Morgan fingerprint density at radius 3 is 2.50 bits per heavy atom. The molecule has 0 bridgehead atoms. The van der Waals surface area contributed by atoms with Crippen LogP contribution in [0.4, 0.5) is 0 Å². The van der Waals surface area contributed by atoms with Crippen LogP contribution in [0.2, 0.25) is 0 Å². The van der Waals surface area contributed by atoms with Gasteiger partial charge < -0.3 is 5.32 Å². The fourth-order valence-corrected chi connectivity index (χ4v) is 2.94. The quantitative estimate of drug-likeness (QED) is 0.690. The standard InChI is InChI=1S/C12H24N2/c1-12(2)10-14(9-8-13-12)11-6-4-3-5-7-11/h11,13H,3-10H2,1-2H3. The van der Waals surface area contributed by atoms with Crippen LogP contribution in [0.1, 0.15) is 46.0 Å². The van der Waals surface area contributed by atoms with Crippen molar-refractivity contribution >= 4 is 0 Å². The van der Waals surface area contributed by atoms with Gasteiger partial charge in [-0.15, -0.1) is 0 Å². The normalized spacial score (nSPS) is 30.4. The average molecular weight is 196 g/mol. The van der Waals surface area contributed by atoms with Gasteiger partial charge in [-0.1, -0.05) is 19.3 Å². The monoisotopic (exact) mass is 196 g/mol. The fourth-order valence-electron chi connectivity index (χ4n) is 2.94. The summed E-state index contributed by atoms with van der Waals surface area (Å²) in [5.41, 5.74) is 0.329. The van der Waals surface area contributed by atoms with Crippen LogP contribution >= 0.6 is 0 Å². The van der Waals surface area contributed by atoms with Crippen LogP contribution in [0, 0.1) is 0 Å². The van der Waals surface area contributed by atoms with E-state index in [4.69, 9.17) is 0 Å². The summed E-state index contributed by atoms with van der Waals surface area (Å²) in [5, 5.41) is 3.59. The molecular weight excluding hydrogens is 172 g/mol. The molecule has 0 spiro atoms. The molecule has 82 valence electrons. The highest BCUT2D eigenvalue weighted by molar-refractivity contribution is 4.90. The average Bonchev–Trinajstić information content (AvgIpc) is 2.18. The molecule has 0 unspecified atom stereocenters. The van der Waals surface area contributed by atoms with Gasteiger partial charge in [0.1, 0.15) is 0 Å². The zero-order chi connectivity index (χ0) is 10.0. The van der Waals surface area contributed by atoms with Gasteiger partial charge in [-0.3, -0.25) is 4.90 Å². The lowest BCUT2D eigenvalue weighted by molar-refractivity contribution is 0.0879. The maximum absolute atomic E-state index is 3.59. The minimum atomic E-state index is 0.329. The largest absolute Gasteiger partial charge is 0.309 e. The van der Waals surface area contributed by atoms with Gasteiger partial charge in [0.15, 0.2) is 0 Å². The molecule has 1 N–H and O–H groups in total. The van der Waals surface area contributed by atoms with Crippen molar-refractivity contribution in [3.8, 4) is 0 Å². The number of hydrogen-bond donors (Lipinski definition) is 1. The Morgan fingerprint density at radius 2 is 1.86 bits per heavy atom. The Balaban J connectivity index is 1.89. The van der Waals surface area contributed by atoms with Crippen molar-refractivity contribution in [1.82, 2.24) is 10.2 Å². The van der Waals surface area contributed by atoms with Crippen LogP contribution in [0.5, 0.6) is 0 Å². The minimum absolute atomic E-state index is 0.329. The molecule has 0 amide bonds. The first-order valence-corrected chi connectivity index (χ1v) is 6.16. The van der Waals surface area contributed by atoms with Gasteiger partial charge in [-0.25, -0.2) is 0 Å². The highest BCUT2D eigenvalue weighted by Crippen LogP contribution is 2.24. The molecule has 0 aromatic carbocycles. The highest BCUT2D eigenvalue weighted by Gasteiger charge is 2.30. The summed E-state index contributed by atoms with van der Waals surface area (Å²) in [7, 11) is 0. The van der Waals surface area contributed by atoms with Crippen molar-refractivity contribution in [3.05, 3.63) is 0 Å². The molecule has 2 rings (SSSR count). The maximum atomic E-state index is 3.59. The van der Waals surface area contributed by atoms with Crippen LogP contribution in [0.15, 0.2) is 0 Å². The molecule has 0 aromatic heterocycles. The molecular formula is C12H24N2. The predicted octanol–water partition coefficient (Wildman–Crippen LogP) is 2.00. The van der Waals surface area contributed by atoms with E-state index in [9.17, 15) is 0 Å². The predicted molar refractivity (Wildman–Crippen MR) is 60.5 cm³/mol. The lowest BCUT2D eigenvalue weighted by Gasteiger charge is -2.44. The van der Waals surface area contributed by atoms with Crippen LogP contribution < -0.4 is 5.32 Å². The smallest absolute Gasteiger partial charge is 0.0252 e. The third-order valence-corrected chi connectivity index (χ3v) is 3.69. The van der Waals surface area contributed by atoms with E-state index in [-0.39, 0.29) is 0 Å². The third kappa shape index (κ3) is 2.48. The summed E-state index contributed by atoms with van der Waals surface area (Å²) < 4.78 is 0. The molecule has 0 aromatic rings. The van der Waals surface area contributed by atoms with Gasteiger partial charge in [0, 0.05) is 31.2 Å². The van der Waals surface area contributed by atoms with Crippen LogP contribution in [0.25, 0.3) is 0 Å². The van der Waals surface area contributed by atoms with Gasteiger partial charge >= 0.3 is 0 Å². The van der Waals surface area contributed by atoms with E-state index in [1.807, 2.05) is 0 Å². The molecule has 0 atom stereocenters. The molecule has 2 nitrogen and oxygen atoms in total. The molecule has 1 saturated heterocycles. The second kappa shape index (κ2) is 4.19. The van der Waals surface area contributed by atoms with E-state index >= 15 is 0 Å². The molecule has 1 saturated carbocycles. The zero-order valence-electron chi connectivity index (χ0n) is 9.68.